The lowest BCUT2D eigenvalue weighted by molar-refractivity contribution is -0.145. The van der Waals surface area contributed by atoms with Crippen molar-refractivity contribution in [2.24, 2.45) is 0 Å². The van der Waals surface area contributed by atoms with E-state index < -0.39 is 23.8 Å². The lowest BCUT2D eigenvalue weighted by Gasteiger charge is -2.23. The fraction of sp³-hybridized carbons (Fsp3) is 0.600. The zero-order valence-corrected chi connectivity index (χ0v) is 21.3. The summed E-state index contributed by atoms with van der Waals surface area (Å²) in [4.78, 5) is 49.5. The third kappa shape index (κ3) is 15.3. The Morgan fingerprint density at radius 1 is 0.857 bits per heavy atom. The molecule has 0 aliphatic rings. The zero-order valence-electron chi connectivity index (χ0n) is 21.3. The lowest BCUT2D eigenvalue weighted by atomic mass is 10.2. The van der Waals surface area contributed by atoms with Gasteiger partial charge in [-0.25, -0.2) is 9.59 Å². The van der Waals surface area contributed by atoms with E-state index in [0.29, 0.717) is 39.0 Å². The monoisotopic (exact) mass is 493 g/mol. The number of nitrogens with one attached hydrogen (secondary N) is 2. The van der Waals surface area contributed by atoms with Crippen LogP contribution in [0, 0.1) is 0 Å². The molecule has 10 heteroatoms. The molecule has 0 aromatic heterocycles. The summed E-state index contributed by atoms with van der Waals surface area (Å²) in [5, 5.41) is 5.33. The van der Waals surface area contributed by atoms with Crippen molar-refractivity contribution in [3.05, 3.63) is 35.9 Å². The molecule has 1 aromatic carbocycles. The van der Waals surface area contributed by atoms with Gasteiger partial charge in [0.15, 0.2) is 0 Å². The first kappa shape index (κ1) is 29.7. The minimum absolute atomic E-state index is 0.00337. The number of nitrogens with zero attached hydrogens (tertiary/aromatic N) is 1. The second kappa shape index (κ2) is 16.3. The van der Waals surface area contributed by atoms with E-state index in [1.165, 1.54) is 0 Å². The number of rotatable bonds is 14. The van der Waals surface area contributed by atoms with E-state index in [2.05, 4.69) is 10.6 Å². The fourth-order valence-electron chi connectivity index (χ4n) is 2.97. The van der Waals surface area contributed by atoms with E-state index in [1.54, 1.807) is 32.6 Å². The Balaban J connectivity index is 2.43. The molecule has 2 N–H and O–H groups in total. The molecule has 0 heterocycles. The van der Waals surface area contributed by atoms with Gasteiger partial charge >= 0.3 is 18.2 Å². The van der Waals surface area contributed by atoms with Gasteiger partial charge in [-0.1, -0.05) is 30.3 Å². The number of amides is 3. The predicted molar refractivity (Wildman–Crippen MR) is 131 cm³/mol. The SMILES string of the molecule is CCOC(=O)CCC(=O)N(CCCNC(=O)OCc1ccccc1)CCCNC(=O)OC(C)(C)C. The number of hydrogen-bond donors (Lipinski definition) is 2. The molecular formula is C25H39N3O7. The predicted octanol–water partition coefficient (Wildman–Crippen LogP) is 3.39. The van der Waals surface area contributed by atoms with Crippen molar-refractivity contribution in [3.8, 4) is 0 Å². The van der Waals surface area contributed by atoms with Gasteiger partial charge in [0.05, 0.1) is 13.0 Å². The standard InChI is InChI=1S/C25H39N3O7/c1-5-33-22(30)14-13-21(29)28(18-10-16-27-24(32)35-25(2,3)4)17-9-15-26-23(31)34-19-20-11-7-6-8-12-20/h6-8,11-12H,5,9-10,13-19H2,1-4H3,(H,26,31)(H,27,32). The quantitative estimate of drug-likeness (QED) is 0.231. The molecule has 196 valence electrons. The Labute approximate surface area is 207 Å². The minimum Gasteiger partial charge on any atom is -0.466 e. The van der Waals surface area contributed by atoms with Gasteiger partial charge in [-0.3, -0.25) is 9.59 Å². The van der Waals surface area contributed by atoms with E-state index in [9.17, 15) is 19.2 Å². The summed E-state index contributed by atoms with van der Waals surface area (Å²) in [6.45, 7) is 8.91. The van der Waals surface area contributed by atoms with Gasteiger partial charge in [0.25, 0.3) is 0 Å². The molecule has 0 bridgehead atoms. The zero-order chi connectivity index (χ0) is 26.1. The topological polar surface area (TPSA) is 123 Å². The number of ether oxygens (including phenoxy) is 3. The lowest BCUT2D eigenvalue weighted by Crippen LogP contribution is -2.38. The Hall–Kier alpha value is -3.30. The maximum Gasteiger partial charge on any atom is 0.407 e. The Kier molecular flexibility index (Phi) is 13.9. The second-order valence-electron chi connectivity index (χ2n) is 8.81. The molecule has 0 radical (unpaired) electrons. The molecule has 0 unspecified atom stereocenters. The van der Waals surface area contributed by atoms with Crippen molar-refractivity contribution in [1.82, 2.24) is 15.5 Å². The molecule has 0 saturated heterocycles. The van der Waals surface area contributed by atoms with Crippen LogP contribution in [0.1, 0.15) is 58.9 Å². The normalized spacial score (nSPS) is 10.7. The summed E-state index contributed by atoms with van der Waals surface area (Å²) >= 11 is 0. The molecule has 0 saturated carbocycles. The fourth-order valence-corrected chi connectivity index (χ4v) is 2.97. The number of carbonyl (C=O) groups excluding carboxylic acids is 4. The number of carbonyl (C=O) groups is 4. The van der Waals surface area contributed by atoms with Gasteiger partial charge in [-0.15, -0.1) is 0 Å². The van der Waals surface area contributed by atoms with Gasteiger partial charge in [0, 0.05) is 32.6 Å². The summed E-state index contributed by atoms with van der Waals surface area (Å²) in [6.07, 6.45) is 0.00233. The van der Waals surface area contributed by atoms with E-state index >= 15 is 0 Å². The highest BCUT2D eigenvalue weighted by atomic mass is 16.6. The number of hydrogen-bond acceptors (Lipinski definition) is 7. The summed E-state index contributed by atoms with van der Waals surface area (Å²) in [6, 6.07) is 9.35. The van der Waals surface area contributed by atoms with Gasteiger partial charge in [-0.05, 0) is 46.1 Å². The maximum absolute atomic E-state index is 12.6. The highest BCUT2D eigenvalue weighted by Gasteiger charge is 2.17. The van der Waals surface area contributed by atoms with Gasteiger partial charge in [0.1, 0.15) is 12.2 Å². The van der Waals surface area contributed by atoms with Crippen LogP contribution < -0.4 is 10.6 Å². The number of benzene rings is 1. The molecular weight excluding hydrogens is 454 g/mol. The molecule has 0 aliphatic carbocycles. The van der Waals surface area contributed by atoms with Crippen LogP contribution in [0.15, 0.2) is 30.3 Å². The van der Waals surface area contributed by atoms with Crippen molar-refractivity contribution in [3.63, 3.8) is 0 Å². The molecule has 3 amide bonds. The van der Waals surface area contributed by atoms with E-state index in [1.807, 2.05) is 30.3 Å². The highest BCUT2D eigenvalue weighted by molar-refractivity contribution is 5.81. The second-order valence-corrected chi connectivity index (χ2v) is 8.81. The largest absolute Gasteiger partial charge is 0.466 e. The van der Waals surface area contributed by atoms with Crippen LogP contribution in [-0.2, 0) is 30.4 Å². The number of esters is 1. The average molecular weight is 494 g/mol. The molecule has 0 fully saturated rings. The van der Waals surface area contributed by atoms with Crippen LogP contribution >= 0.6 is 0 Å². The first-order valence-corrected chi connectivity index (χ1v) is 12.0. The van der Waals surface area contributed by atoms with Gasteiger partial charge in [-0.2, -0.15) is 0 Å². The van der Waals surface area contributed by atoms with E-state index in [-0.39, 0.29) is 32.0 Å². The van der Waals surface area contributed by atoms with Crippen LogP contribution in [0.3, 0.4) is 0 Å². The average Bonchev–Trinajstić information content (AvgIpc) is 2.79. The van der Waals surface area contributed by atoms with Crippen molar-refractivity contribution < 1.29 is 33.4 Å². The minimum atomic E-state index is -0.589. The smallest absolute Gasteiger partial charge is 0.407 e. The summed E-state index contributed by atoms with van der Waals surface area (Å²) in [7, 11) is 0. The molecule has 0 spiro atoms. The maximum atomic E-state index is 12.6. The van der Waals surface area contributed by atoms with Crippen LogP contribution in [-0.4, -0.2) is 67.3 Å². The van der Waals surface area contributed by atoms with E-state index in [0.717, 1.165) is 5.56 Å². The summed E-state index contributed by atoms with van der Waals surface area (Å²) in [5.74, 6) is -0.614. The molecule has 35 heavy (non-hydrogen) atoms. The highest BCUT2D eigenvalue weighted by Crippen LogP contribution is 2.07. The third-order valence-electron chi connectivity index (χ3n) is 4.56. The van der Waals surface area contributed by atoms with Crippen molar-refractivity contribution in [2.45, 2.75) is 65.6 Å². The Bertz CT molecular complexity index is 794. The molecule has 0 atom stereocenters. The third-order valence-corrected chi connectivity index (χ3v) is 4.56. The first-order valence-electron chi connectivity index (χ1n) is 12.0. The van der Waals surface area contributed by atoms with Crippen molar-refractivity contribution >= 4 is 24.1 Å². The van der Waals surface area contributed by atoms with Gasteiger partial charge in [0.2, 0.25) is 5.91 Å². The summed E-state index contributed by atoms with van der Waals surface area (Å²) in [5.41, 5.74) is 0.301. The molecule has 0 aliphatic heterocycles. The summed E-state index contributed by atoms with van der Waals surface area (Å²) < 4.78 is 15.3. The van der Waals surface area contributed by atoms with Crippen molar-refractivity contribution in [2.75, 3.05) is 32.8 Å². The van der Waals surface area contributed by atoms with Crippen molar-refractivity contribution in [1.29, 1.82) is 0 Å². The molecule has 1 aromatic rings. The molecule has 1 rings (SSSR count). The Morgan fingerprint density at radius 3 is 2.03 bits per heavy atom. The Morgan fingerprint density at radius 2 is 1.46 bits per heavy atom. The van der Waals surface area contributed by atoms with Crippen LogP contribution in [0.4, 0.5) is 9.59 Å². The van der Waals surface area contributed by atoms with Gasteiger partial charge < -0.3 is 29.7 Å². The van der Waals surface area contributed by atoms with Crippen LogP contribution in [0.2, 0.25) is 0 Å². The first-order chi connectivity index (χ1) is 16.6. The molecule has 10 nitrogen and oxygen atoms in total. The number of alkyl carbamates (subject to hydrolysis) is 2. The van der Waals surface area contributed by atoms with E-state index in [4.69, 9.17) is 14.2 Å². The van der Waals surface area contributed by atoms with Crippen LogP contribution in [0.25, 0.3) is 0 Å². The van der Waals surface area contributed by atoms with Crippen LogP contribution in [0.5, 0.6) is 0 Å².